The lowest BCUT2D eigenvalue weighted by atomic mass is 9.87. The summed E-state index contributed by atoms with van der Waals surface area (Å²) >= 11 is 0. The molecule has 0 fully saturated rings. The van der Waals surface area contributed by atoms with Crippen LogP contribution in [0.25, 0.3) is 0 Å². The van der Waals surface area contributed by atoms with E-state index in [9.17, 15) is 4.79 Å². The van der Waals surface area contributed by atoms with Crippen molar-refractivity contribution in [2.45, 2.75) is 45.7 Å². The number of fused-ring (bicyclic) bond motifs is 1. The van der Waals surface area contributed by atoms with Crippen molar-refractivity contribution in [1.29, 1.82) is 0 Å². The molecule has 1 unspecified atom stereocenters. The minimum Gasteiger partial charge on any atom is -0.496 e. The van der Waals surface area contributed by atoms with Crippen LogP contribution >= 0.6 is 0 Å². The van der Waals surface area contributed by atoms with Crippen LogP contribution in [0.15, 0.2) is 42.5 Å². The van der Waals surface area contributed by atoms with Gasteiger partial charge in [-0.05, 0) is 68.0 Å². The lowest BCUT2D eigenvalue weighted by molar-refractivity contribution is 0.0773. The van der Waals surface area contributed by atoms with Gasteiger partial charge in [0.15, 0.2) is 0 Å². The SMILES string of the molecule is CCN(CC)C(=O)c1ccc(CNC2CCc3c(cccc3OC)C2)cc1. The lowest BCUT2D eigenvalue weighted by Gasteiger charge is -2.27. The molecule has 1 atom stereocenters. The maximum atomic E-state index is 12.4. The summed E-state index contributed by atoms with van der Waals surface area (Å²) in [6.45, 7) is 6.33. The number of nitrogens with zero attached hydrogens (tertiary/aromatic N) is 1. The van der Waals surface area contributed by atoms with Crippen molar-refractivity contribution in [1.82, 2.24) is 10.2 Å². The predicted octanol–water partition coefficient (Wildman–Crippen LogP) is 3.82. The van der Waals surface area contributed by atoms with E-state index in [0.717, 1.165) is 50.2 Å². The van der Waals surface area contributed by atoms with Gasteiger partial charge in [0, 0.05) is 31.2 Å². The fraction of sp³-hybridized carbons (Fsp3) is 0.435. The van der Waals surface area contributed by atoms with Gasteiger partial charge in [-0.15, -0.1) is 0 Å². The van der Waals surface area contributed by atoms with Gasteiger partial charge in [0.25, 0.3) is 5.91 Å². The second-order valence-electron chi connectivity index (χ2n) is 7.09. The molecule has 144 valence electrons. The Morgan fingerprint density at radius 3 is 2.56 bits per heavy atom. The van der Waals surface area contributed by atoms with Gasteiger partial charge in [-0.25, -0.2) is 0 Å². The topological polar surface area (TPSA) is 41.6 Å². The van der Waals surface area contributed by atoms with Crippen LogP contribution in [0, 0.1) is 0 Å². The minimum absolute atomic E-state index is 0.109. The highest BCUT2D eigenvalue weighted by atomic mass is 16.5. The molecule has 1 amide bonds. The summed E-state index contributed by atoms with van der Waals surface area (Å²) in [6, 6.07) is 14.8. The first kappa shape index (κ1) is 19.4. The molecule has 1 aliphatic rings. The smallest absolute Gasteiger partial charge is 0.253 e. The van der Waals surface area contributed by atoms with Crippen molar-refractivity contribution in [2.24, 2.45) is 0 Å². The number of rotatable bonds is 7. The standard InChI is InChI=1S/C23H30N2O2/c1-4-25(5-2)23(26)18-11-9-17(10-12-18)16-24-20-13-14-21-19(15-20)7-6-8-22(21)27-3/h6-12,20,24H,4-5,13-16H2,1-3H3. The fourth-order valence-electron chi connectivity index (χ4n) is 3.86. The molecule has 1 aliphatic carbocycles. The number of methoxy groups -OCH3 is 1. The van der Waals surface area contributed by atoms with E-state index in [1.165, 1.54) is 16.7 Å². The summed E-state index contributed by atoms with van der Waals surface area (Å²) in [7, 11) is 1.74. The fourth-order valence-corrected chi connectivity index (χ4v) is 3.86. The van der Waals surface area contributed by atoms with Crippen LogP contribution in [0.3, 0.4) is 0 Å². The quantitative estimate of drug-likeness (QED) is 0.810. The van der Waals surface area contributed by atoms with Crippen LogP contribution in [-0.2, 0) is 19.4 Å². The number of benzene rings is 2. The van der Waals surface area contributed by atoms with E-state index in [2.05, 4.69) is 29.6 Å². The molecule has 0 aromatic heterocycles. The molecule has 0 radical (unpaired) electrons. The van der Waals surface area contributed by atoms with Crippen molar-refractivity contribution < 1.29 is 9.53 Å². The number of carbonyl (C=O) groups is 1. The van der Waals surface area contributed by atoms with E-state index in [1.54, 1.807) is 7.11 Å². The van der Waals surface area contributed by atoms with Crippen LogP contribution in [0.5, 0.6) is 5.75 Å². The van der Waals surface area contributed by atoms with Gasteiger partial charge in [-0.2, -0.15) is 0 Å². The molecular weight excluding hydrogens is 336 g/mol. The molecule has 2 aromatic rings. The van der Waals surface area contributed by atoms with Crippen molar-refractivity contribution in [3.8, 4) is 5.75 Å². The van der Waals surface area contributed by atoms with E-state index in [0.29, 0.717) is 6.04 Å². The Morgan fingerprint density at radius 1 is 1.15 bits per heavy atom. The number of amides is 1. The normalized spacial score (nSPS) is 15.9. The zero-order chi connectivity index (χ0) is 19.2. The summed E-state index contributed by atoms with van der Waals surface area (Å²) in [5.74, 6) is 1.12. The Hall–Kier alpha value is -2.33. The molecule has 0 saturated carbocycles. The van der Waals surface area contributed by atoms with Gasteiger partial charge < -0.3 is 15.0 Å². The second kappa shape index (κ2) is 9.05. The first-order valence-corrected chi connectivity index (χ1v) is 9.92. The number of hydrogen-bond donors (Lipinski definition) is 1. The summed E-state index contributed by atoms with van der Waals surface area (Å²) < 4.78 is 5.49. The van der Waals surface area contributed by atoms with Crippen LogP contribution in [0.2, 0.25) is 0 Å². The molecule has 3 rings (SSSR count). The van der Waals surface area contributed by atoms with Crippen molar-refractivity contribution in [3.05, 3.63) is 64.7 Å². The van der Waals surface area contributed by atoms with Gasteiger partial charge in [0.05, 0.1) is 7.11 Å². The molecule has 2 aromatic carbocycles. The minimum atomic E-state index is 0.109. The van der Waals surface area contributed by atoms with Crippen LogP contribution in [-0.4, -0.2) is 37.0 Å². The van der Waals surface area contributed by atoms with Crippen molar-refractivity contribution in [2.75, 3.05) is 20.2 Å². The van der Waals surface area contributed by atoms with Gasteiger partial charge in [-0.3, -0.25) is 4.79 Å². The van der Waals surface area contributed by atoms with Gasteiger partial charge in [0.2, 0.25) is 0 Å². The Kier molecular flexibility index (Phi) is 6.51. The maximum Gasteiger partial charge on any atom is 0.253 e. The molecule has 0 spiro atoms. The average Bonchev–Trinajstić information content (AvgIpc) is 2.72. The van der Waals surface area contributed by atoms with Crippen LogP contribution < -0.4 is 10.1 Å². The zero-order valence-corrected chi connectivity index (χ0v) is 16.6. The van der Waals surface area contributed by atoms with Crippen LogP contribution in [0.1, 0.15) is 47.3 Å². The first-order valence-electron chi connectivity index (χ1n) is 9.92. The van der Waals surface area contributed by atoms with E-state index < -0.39 is 0 Å². The first-order chi connectivity index (χ1) is 13.2. The highest BCUT2D eigenvalue weighted by Crippen LogP contribution is 2.29. The Balaban J connectivity index is 1.57. The lowest BCUT2D eigenvalue weighted by Crippen LogP contribution is -2.34. The maximum absolute atomic E-state index is 12.4. The number of carbonyl (C=O) groups excluding carboxylic acids is 1. The Morgan fingerprint density at radius 2 is 1.89 bits per heavy atom. The number of nitrogens with one attached hydrogen (secondary N) is 1. The van der Waals surface area contributed by atoms with E-state index in [-0.39, 0.29) is 5.91 Å². The molecule has 0 saturated heterocycles. The monoisotopic (exact) mass is 366 g/mol. The number of ether oxygens (including phenoxy) is 1. The molecule has 1 N–H and O–H groups in total. The van der Waals surface area contributed by atoms with Gasteiger partial charge in [-0.1, -0.05) is 24.3 Å². The summed E-state index contributed by atoms with van der Waals surface area (Å²) in [5, 5.41) is 3.67. The summed E-state index contributed by atoms with van der Waals surface area (Å²) in [6.07, 6.45) is 3.20. The van der Waals surface area contributed by atoms with Gasteiger partial charge in [0.1, 0.15) is 5.75 Å². The highest BCUT2D eigenvalue weighted by Gasteiger charge is 2.20. The van der Waals surface area contributed by atoms with Crippen LogP contribution in [0.4, 0.5) is 0 Å². The van der Waals surface area contributed by atoms with Crippen molar-refractivity contribution in [3.63, 3.8) is 0 Å². The largest absolute Gasteiger partial charge is 0.496 e. The average molecular weight is 367 g/mol. The zero-order valence-electron chi connectivity index (χ0n) is 16.6. The molecule has 4 nitrogen and oxygen atoms in total. The highest BCUT2D eigenvalue weighted by molar-refractivity contribution is 5.94. The molecule has 0 bridgehead atoms. The van der Waals surface area contributed by atoms with Crippen molar-refractivity contribution >= 4 is 5.91 Å². The Labute approximate surface area is 162 Å². The molecular formula is C23H30N2O2. The van der Waals surface area contributed by atoms with Gasteiger partial charge >= 0.3 is 0 Å². The predicted molar refractivity (Wildman–Crippen MR) is 109 cm³/mol. The third-order valence-electron chi connectivity index (χ3n) is 5.51. The number of hydrogen-bond acceptors (Lipinski definition) is 3. The third kappa shape index (κ3) is 4.51. The third-order valence-corrected chi connectivity index (χ3v) is 5.51. The van der Waals surface area contributed by atoms with E-state index >= 15 is 0 Å². The van der Waals surface area contributed by atoms with E-state index in [1.807, 2.05) is 36.9 Å². The molecule has 27 heavy (non-hydrogen) atoms. The molecule has 0 heterocycles. The summed E-state index contributed by atoms with van der Waals surface area (Å²) in [4.78, 5) is 14.2. The molecule has 4 heteroatoms. The second-order valence-corrected chi connectivity index (χ2v) is 7.09. The summed E-state index contributed by atoms with van der Waals surface area (Å²) in [5.41, 5.74) is 4.72. The molecule has 0 aliphatic heterocycles. The Bertz CT molecular complexity index is 766. The van der Waals surface area contributed by atoms with E-state index in [4.69, 9.17) is 4.74 Å².